The number of aliphatic imine (C=N–C) groups is 1. The van der Waals surface area contributed by atoms with E-state index in [1.165, 1.54) is 31.4 Å². The van der Waals surface area contributed by atoms with Gasteiger partial charge in [0.1, 0.15) is 5.82 Å². The second kappa shape index (κ2) is 14.8. The summed E-state index contributed by atoms with van der Waals surface area (Å²) in [5, 5.41) is 9.38. The van der Waals surface area contributed by atoms with Gasteiger partial charge in [0.05, 0.1) is 6.42 Å². The van der Waals surface area contributed by atoms with Gasteiger partial charge in [0.25, 0.3) is 0 Å². The molecule has 1 unspecified atom stereocenters. The van der Waals surface area contributed by atoms with E-state index in [2.05, 4.69) is 34.8 Å². The van der Waals surface area contributed by atoms with Gasteiger partial charge in [0, 0.05) is 26.2 Å². The van der Waals surface area contributed by atoms with Crippen molar-refractivity contribution in [1.29, 1.82) is 0 Å². The van der Waals surface area contributed by atoms with Crippen LogP contribution in [0.15, 0.2) is 29.3 Å². The molecular weight excluding hydrogens is 446 g/mol. The van der Waals surface area contributed by atoms with Crippen LogP contribution in [0, 0.1) is 5.82 Å². The maximum Gasteiger partial charge on any atom is 0.224 e. The highest BCUT2D eigenvalue weighted by molar-refractivity contribution is 14.0. The zero-order valence-corrected chi connectivity index (χ0v) is 18.3. The predicted molar refractivity (Wildman–Crippen MR) is 117 cm³/mol. The third-order valence-electron chi connectivity index (χ3n) is 3.86. The smallest absolute Gasteiger partial charge is 0.224 e. The van der Waals surface area contributed by atoms with E-state index in [1.54, 1.807) is 19.2 Å². The summed E-state index contributed by atoms with van der Waals surface area (Å²) in [6.07, 6.45) is 5.04. The van der Waals surface area contributed by atoms with E-state index in [1.807, 2.05) is 0 Å². The van der Waals surface area contributed by atoms with Crippen LogP contribution in [0.4, 0.5) is 4.39 Å². The minimum atomic E-state index is -0.295. The monoisotopic (exact) mass is 478 g/mol. The molecule has 0 bridgehead atoms. The van der Waals surface area contributed by atoms with Gasteiger partial charge in [0.15, 0.2) is 5.96 Å². The standard InChI is InChI=1S/C19H31FN4O.HI/c1-4-5-6-7-15(2)24-19(21-3)23-13-12-22-18(25)14-16-8-10-17(20)11-9-16;/h8-11,15H,4-7,12-14H2,1-3H3,(H,22,25)(H2,21,23,24);1H. The van der Waals surface area contributed by atoms with Crippen LogP contribution in [-0.4, -0.2) is 38.0 Å². The van der Waals surface area contributed by atoms with Crippen molar-refractivity contribution in [2.75, 3.05) is 20.1 Å². The van der Waals surface area contributed by atoms with E-state index in [0.717, 1.165) is 17.9 Å². The molecule has 0 aliphatic rings. The molecule has 3 N–H and O–H groups in total. The summed E-state index contributed by atoms with van der Waals surface area (Å²) in [6, 6.07) is 6.34. The van der Waals surface area contributed by atoms with Crippen LogP contribution in [0.3, 0.4) is 0 Å². The summed E-state index contributed by atoms with van der Waals surface area (Å²) < 4.78 is 12.8. The van der Waals surface area contributed by atoms with Crippen molar-refractivity contribution < 1.29 is 9.18 Å². The molecule has 1 amide bonds. The molecule has 0 radical (unpaired) electrons. The molecular formula is C19H32FIN4O. The first-order chi connectivity index (χ1) is 12.0. The lowest BCUT2D eigenvalue weighted by atomic mass is 10.1. The lowest BCUT2D eigenvalue weighted by Gasteiger charge is -2.18. The third-order valence-corrected chi connectivity index (χ3v) is 3.86. The van der Waals surface area contributed by atoms with Crippen LogP contribution in [0.2, 0.25) is 0 Å². The number of guanidine groups is 1. The molecule has 7 heteroatoms. The minimum absolute atomic E-state index is 0. The molecule has 0 aliphatic heterocycles. The normalized spacial score (nSPS) is 12.1. The molecule has 0 saturated carbocycles. The number of nitrogens with zero attached hydrogens (tertiary/aromatic N) is 1. The Balaban J connectivity index is 0.00000625. The molecule has 26 heavy (non-hydrogen) atoms. The Kier molecular flexibility index (Phi) is 14.0. The molecule has 0 aliphatic carbocycles. The Labute approximate surface area is 173 Å². The fraction of sp³-hybridized carbons (Fsp3) is 0.579. The van der Waals surface area contributed by atoms with Gasteiger partial charge in [-0.3, -0.25) is 9.79 Å². The zero-order valence-electron chi connectivity index (χ0n) is 16.0. The van der Waals surface area contributed by atoms with Crippen molar-refractivity contribution in [1.82, 2.24) is 16.0 Å². The molecule has 1 atom stereocenters. The van der Waals surface area contributed by atoms with Crippen LogP contribution in [0.1, 0.15) is 45.1 Å². The number of amides is 1. The highest BCUT2D eigenvalue weighted by atomic mass is 127. The number of carbonyl (C=O) groups is 1. The summed E-state index contributed by atoms with van der Waals surface area (Å²) >= 11 is 0. The maximum atomic E-state index is 12.8. The Bertz CT molecular complexity index is 537. The first-order valence-electron chi connectivity index (χ1n) is 9.03. The lowest BCUT2D eigenvalue weighted by molar-refractivity contribution is -0.120. The van der Waals surface area contributed by atoms with Gasteiger partial charge in [-0.25, -0.2) is 4.39 Å². The van der Waals surface area contributed by atoms with Gasteiger partial charge in [0.2, 0.25) is 5.91 Å². The molecule has 5 nitrogen and oxygen atoms in total. The van der Waals surface area contributed by atoms with Crippen LogP contribution in [0.25, 0.3) is 0 Å². The summed E-state index contributed by atoms with van der Waals surface area (Å²) in [6.45, 7) is 5.44. The van der Waals surface area contributed by atoms with Gasteiger partial charge in [-0.05, 0) is 31.0 Å². The van der Waals surface area contributed by atoms with Crippen molar-refractivity contribution in [3.8, 4) is 0 Å². The number of nitrogens with one attached hydrogen (secondary N) is 3. The Morgan fingerprint density at radius 2 is 1.81 bits per heavy atom. The predicted octanol–water partition coefficient (Wildman–Crippen LogP) is 3.24. The SMILES string of the molecule is CCCCCC(C)NC(=NC)NCCNC(=O)Cc1ccc(F)cc1.I. The van der Waals surface area contributed by atoms with Gasteiger partial charge in [-0.2, -0.15) is 0 Å². The van der Waals surface area contributed by atoms with Gasteiger partial charge in [-0.15, -0.1) is 24.0 Å². The fourth-order valence-corrected chi connectivity index (χ4v) is 2.43. The number of halogens is 2. The average Bonchev–Trinajstić information content (AvgIpc) is 2.60. The highest BCUT2D eigenvalue weighted by Crippen LogP contribution is 2.03. The summed E-state index contributed by atoms with van der Waals surface area (Å²) in [5.41, 5.74) is 0.797. The number of rotatable bonds is 10. The second-order valence-corrected chi connectivity index (χ2v) is 6.19. The van der Waals surface area contributed by atoms with Gasteiger partial charge in [-0.1, -0.05) is 38.3 Å². The van der Waals surface area contributed by atoms with E-state index in [-0.39, 0.29) is 42.1 Å². The van der Waals surface area contributed by atoms with E-state index >= 15 is 0 Å². The number of benzene rings is 1. The molecule has 0 saturated heterocycles. The number of hydrogen-bond donors (Lipinski definition) is 3. The third kappa shape index (κ3) is 11.3. The van der Waals surface area contributed by atoms with Crippen molar-refractivity contribution in [2.45, 2.75) is 52.0 Å². The van der Waals surface area contributed by atoms with Crippen LogP contribution < -0.4 is 16.0 Å². The van der Waals surface area contributed by atoms with E-state index < -0.39 is 0 Å². The van der Waals surface area contributed by atoms with Crippen LogP contribution in [0.5, 0.6) is 0 Å². The van der Waals surface area contributed by atoms with Gasteiger partial charge < -0.3 is 16.0 Å². The maximum absolute atomic E-state index is 12.8. The summed E-state index contributed by atoms with van der Waals surface area (Å²) in [5.74, 6) is 0.372. The van der Waals surface area contributed by atoms with E-state index in [0.29, 0.717) is 19.1 Å². The topological polar surface area (TPSA) is 65.5 Å². The minimum Gasteiger partial charge on any atom is -0.355 e. The van der Waals surface area contributed by atoms with E-state index in [9.17, 15) is 9.18 Å². The quantitative estimate of drug-likeness (QED) is 0.210. The molecule has 1 aromatic rings. The molecule has 0 aromatic heterocycles. The molecule has 1 rings (SSSR count). The van der Waals surface area contributed by atoms with Crippen molar-refractivity contribution in [2.24, 2.45) is 4.99 Å². The lowest BCUT2D eigenvalue weighted by Crippen LogP contribution is -2.44. The van der Waals surface area contributed by atoms with Crippen LogP contribution in [-0.2, 0) is 11.2 Å². The highest BCUT2D eigenvalue weighted by Gasteiger charge is 2.06. The molecule has 0 fully saturated rings. The summed E-state index contributed by atoms with van der Waals surface area (Å²) in [7, 11) is 1.74. The molecule has 0 heterocycles. The second-order valence-electron chi connectivity index (χ2n) is 6.19. The first kappa shape index (κ1) is 24.6. The van der Waals surface area contributed by atoms with Crippen molar-refractivity contribution in [3.63, 3.8) is 0 Å². The van der Waals surface area contributed by atoms with Gasteiger partial charge >= 0.3 is 0 Å². The zero-order chi connectivity index (χ0) is 18.5. The molecule has 1 aromatic carbocycles. The Morgan fingerprint density at radius 3 is 2.42 bits per heavy atom. The summed E-state index contributed by atoms with van der Waals surface area (Å²) in [4.78, 5) is 16.1. The Hall–Kier alpha value is -1.38. The number of hydrogen-bond acceptors (Lipinski definition) is 2. The number of carbonyl (C=O) groups excluding carboxylic acids is 1. The number of unbranched alkanes of at least 4 members (excludes halogenated alkanes) is 2. The van der Waals surface area contributed by atoms with Crippen molar-refractivity contribution >= 4 is 35.8 Å². The first-order valence-corrected chi connectivity index (χ1v) is 9.03. The largest absolute Gasteiger partial charge is 0.355 e. The molecule has 148 valence electrons. The molecule has 0 spiro atoms. The fourth-order valence-electron chi connectivity index (χ4n) is 2.43. The average molecular weight is 478 g/mol. The van der Waals surface area contributed by atoms with Crippen LogP contribution >= 0.6 is 24.0 Å². The van der Waals surface area contributed by atoms with E-state index in [4.69, 9.17) is 0 Å². The van der Waals surface area contributed by atoms with Crippen molar-refractivity contribution in [3.05, 3.63) is 35.6 Å². The Morgan fingerprint density at radius 1 is 1.15 bits per heavy atom.